The maximum Gasteiger partial charge on any atom is 0.119 e. The van der Waals surface area contributed by atoms with E-state index < -0.39 is 0 Å². The van der Waals surface area contributed by atoms with Crippen LogP contribution in [0.5, 0.6) is 5.75 Å². The molecule has 0 spiro atoms. The van der Waals surface area contributed by atoms with E-state index in [2.05, 4.69) is 5.32 Å². The second kappa shape index (κ2) is 8.58. The van der Waals surface area contributed by atoms with Crippen LogP contribution in [0.1, 0.15) is 11.3 Å². The van der Waals surface area contributed by atoms with Gasteiger partial charge < -0.3 is 32.0 Å². The van der Waals surface area contributed by atoms with Gasteiger partial charge in [0.2, 0.25) is 0 Å². The quantitative estimate of drug-likeness (QED) is 0.680. The van der Waals surface area contributed by atoms with Gasteiger partial charge in [0.25, 0.3) is 0 Å². The van der Waals surface area contributed by atoms with Crippen LogP contribution in [0.3, 0.4) is 0 Å². The summed E-state index contributed by atoms with van der Waals surface area (Å²) in [6.45, 7) is 1.86. The first kappa shape index (κ1) is 15.6. The van der Waals surface area contributed by atoms with Gasteiger partial charge in [-0.25, -0.2) is 0 Å². The third kappa shape index (κ3) is 5.34. The van der Waals surface area contributed by atoms with E-state index in [-0.39, 0.29) is 19.0 Å². The normalized spacial score (nSPS) is 9.95. The number of aliphatic hydroxyl groups excluding tert-OH is 1. The van der Waals surface area contributed by atoms with Gasteiger partial charge in [0.15, 0.2) is 0 Å². The molecule has 1 aromatic heterocycles. The standard InChI is InChI=1S/C14H17NO3.ClH/c16-7-9-18-13-5-3-12(4-6-13)10-15-11-14-2-1-8-17-14;/h1-6,8,15-16H,7,9-11H2;1H/p-1. The number of nitrogens with one attached hydrogen (secondary N) is 1. The van der Waals surface area contributed by atoms with Gasteiger partial charge in [0.05, 0.1) is 19.4 Å². The van der Waals surface area contributed by atoms with Gasteiger partial charge in [-0.2, -0.15) is 0 Å². The lowest BCUT2D eigenvalue weighted by Crippen LogP contribution is -3.00. The van der Waals surface area contributed by atoms with Crippen LogP contribution in [0.4, 0.5) is 0 Å². The predicted octanol–water partition coefficient (Wildman–Crippen LogP) is -1.06. The summed E-state index contributed by atoms with van der Waals surface area (Å²) < 4.78 is 10.5. The number of hydrogen-bond acceptors (Lipinski definition) is 4. The molecule has 5 heteroatoms. The summed E-state index contributed by atoms with van der Waals surface area (Å²) in [7, 11) is 0. The van der Waals surface area contributed by atoms with Crippen LogP contribution in [-0.2, 0) is 13.1 Å². The molecule has 0 aliphatic rings. The van der Waals surface area contributed by atoms with Crippen molar-refractivity contribution in [3.63, 3.8) is 0 Å². The SMILES string of the molecule is OCCOc1ccc(CNCc2ccco2)cc1.[Cl-]. The van der Waals surface area contributed by atoms with Crippen molar-refractivity contribution >= 4 is 0 Å². The van der Waals surface area contributed by atoms with Crippen molar-refractivity contribution < 1.29 is 26.7 Å². The first-order valence-corrected chi connectivity index (χ1v) is 5.94. The highest BCUT2D eigenvalue weighted by Crippen LogP contribution is 2.12. The molecule has 1 aromatic carbocycles. The molecule has 2 N–H and O–H groups in total. The lowest BCUT2D eigenvalue weighted by Gasteiger charge is -2.06. The molecule has 2 aromatic rings. The largest absolute Gasteiger partial charge is 1.00 e. The molecule has 1 heterocycles. The van der Waals surface area contributed by atoms with Crippen LogP contribution in [-0.4, -0.2) is 18.3 Å². The van der Waals surface area contributed by atoms with Gasteiger partial charge in [0, 0.05) is 6.54 Å². The minimum Gasteiger partial charge on any atom is -1.00 e. The van der Waals surface area contributed by atoms with Crippen molar-refractivity contribution in [1.29, 1.82) is 0 Å². The molecular weight excluding hydrogens is 266 g/mol. The Hall–Kier alpha value is -1.49. The molecule has 4 nitrogen and oxygen atoms in total. The smallest absolute Gasteiger partial charge is 0.119 e. The zero-order valence-electron chi connectivity index (χ0n) is 10.5. The summed E-state index contributed by atoms with van der Waals surface area (Å²) in [5.74, 6) is 1.71. The molecule has 0 radical (unpaired) electrons. The van der Waals surface area contributed by atoms with E-state index in [0.29, 0.717) is 6.61 Å². The van der Waals surface area contributed by atoms with Crippen LogP contribution >= 0.6 is 0 Å². The lowest BCUT2D eigenvalue weighted by molar-refractivity contribution is -0.00000540. The Labute approximate surface area is 118 Å². The van der Waals surface area contributed by atoms with Crippen LogP contribution < -0.4 is 22.5 Å². The fourth-order valence-electron chi connectivity index (χ4n) is 1.61. The Kier molecular flexibility index (Phi) is 7.03. The number of aliphatic hydroxyl groups is 1. The minimum atomic E-state index is 0. The van der Waals surface area contributed by atoms with Crippen molar-refractivity contribution in [1.82, 2.24) is 5.32 Å². The molecular formula is C14H17ClNO3-. The summed E-state index contributed by atoms with van der Waals surface area (Å²) in [5, 5.41) is 11.9. The number of ether oxygens (including phenoxy) is 1. The number of benzene rings is 1. The summed E-state index contributed by atoms with van der Waals surface area (Å²) in [4.78, 5) is 0. The maximum atomic E-state index is 8.64. The van der Waals surface area contributed by atoms with E-state index in [4.69, 9.17) is 14.3 Å². The Morgan fingerprint density at radius 3 is 2.53 bits per heavy atom. The van der Waals surface area contributed by atoms with E-state index in [1.54, 1.807) is 6.26 Å². The molecule has 0 bridgehead atoms. The summed E-state index contributed by atoms with van der Waals surface area (Å²) in [5.41, 5.74) is 1.18. The number of hydrogen-bond donors (Lipinski definition) is 2. The molecule has 0 unspecified atom stereocenters. The van der Waals surface area contributed by atoms with E-state index >= 15 is 0 Å². The van der Waals surface area contributed by atoms with Gasteiger partial charge in [-0.05, 0) is 29.8 Å². The van der Waals surface area contributed by atoms with Gasteiger partial charge in [-0.3, -0.25) is 0 Å². The summed E-state index contributed by atoms with van der Waals surface area (Å²) >= 11 is 0. The molecule has 0 aliphatic carbocycles. The van der Waals surface area contributed by atoms with Gasteiger partial charge in [-0.15, -0.1) is 0 Å². The molecule has 0 saturated heterocycles. The molecule has 2 rings (SSSR count). The van der Waals surface area contributed by atoms with Crippen LogP contribution in [0.25, 0.3) is 0 Å². The van der Waals surface area contributed by atoms with Gasteiger partial charge >= 0.3 is 0 Å². The first-order chi connectivity index (χ1) is 8.88. The Morgan fingerprint density at radius 2 is 1.89 bits per heavy atom. The average molecular weight is 283 g/mol. The topological polar surface area (TPSA) is 54.6 Å². The predicted molar refractivity (Wildman–Crippen MR) is 68.3 cm³/mol. The molecule has 19 heavy (non-hydrogen) atoms. The highest BCUT2D eigenvalue weighted by molar-refractivity contribution is 5.27. The van der Waals surface area contributed by atoms with E-state index in [1.165, 1.54) is 5.56 Å². The van der Waals surface area contributed by atoms with Crippen molar-refractivity contribution in [3.05, 3.63) is 54.0 Å². The number of rotatable bonds is 7. The molecule has 104 valence electrons. The van der Waals surface area contributed by atoms with E-state index in [9.17, 15) is 0 Å². The summed E-state index contributed by atoms with van der Waals surface area (Å²) in [6.07, 6.45) is 1.67. The Bertz CT molecular complexity index is 442. The van der Waals surface area contributed by atoms with Crippen molar-refractivity contribution in [3.8, 4) is 5.75 Å². The third-order valence-corrected chi connectivity index (χ3v) is 2.49. The second-order valence-electron chi connectivity index (χ2n) is 3.90. The highest BCUT2D eigenvalue weighted by Gasteiger charge is 1.97. The van der Waals surface area contributed by atoms with Crippen molar-refractivity contribution in [2.24, 2.45) is 0 Å². The second-order valence-corrected chi connectivity index (χ2v) is 3.90. The Morgan fingerprint density at radius 1 is 1.11 bits per heavy atom. The van der Waals surface area contributed by atoms with E-state index in [0.717, 1.165) is 24.6 Å². The fourth-order valence-corrected chi connectivity index (χ4v) is 1.61. The highest BCUT2D eigenvalue weighted by atomic mass is 35.5. The number of furan rings is 1. The monoisotopic (exact) mass is 282 g/mol. The van der Waals surface area contributed by atoms with Crippen LogP contribution in [0.15, 0.2) is 47.1 Å². The Balaban J connectivity index is 0.00000180. The van der Waals surface area contributed by atoms with Crippen molar-refractivity contribution in [2.75, 3.05) is 13.2 Å². The summed E-state index contributed by atoms with van der Waals surface area (Å²) in [6, 6.07) is 11.6. The molecule has 0 aliphatic heterocycles. The van der Waals surface area contributed by atoms with Gasteiger partial charge in [-0.1, -0.05) is 12.1 Å². The van der Waals surface area contributed by atoms with Gasteiger partial charge in [0.1, 0.15) is 18.1 Å². The molecule has 0 amide bonds. The van der Waals surface area contributed by atoms with Crippen LogP contribution in [0.2, 0.25) is 0 Å². The molecule has 0 fully saturated rings. The third-order valence-electron chi connectivity index (χ3n) is 2.49. The molecule has 0 atom stereocenters. The van der Waals surface area contributed by atoms with Crippen molar-refractivity contribution in [2.45, 2.75) is 13.1 Å². The number of halogens is 1. The molecule has 0 saturated carbocycles. The first-order valence-electron chi connectivity index (χ1n) is 5.94. The minimum absolute atomic E-state index is 0. The van der Waals surface area contributed by atoms with E-state index in [1.807, 2.05) is 36.4 Å². The van der Waals surface area contributed by atoms with Crippen LogP contribution in [0, 0.1) is 0 Å². The zero-order valence-corrected chi connectivity index (χ0v) is 11.3. The lowest BCUT2D eigenvalue weighted by atomic mass is 10.2. The average Bonchev–Trinajstić information content (AvgIpc) is 2.91. The maximum absolute atomic E-state index is 8.64. The zero-order chi connectivity index (χ0) is 12.6. The fraction of sp³-hybridized carbons (Fsp3) is 0.286.